The van der Waals surface area contributed by atoms with Crippen LogP contribution in [0.25, 0.3) is 0 Å². The number of nitrogens with two attached hydrogens (primary N) is 1. The van der Waals surface area contributed by atoms with Gasteiger partial charge < -0.3 is 5.73 Å². The van der Waals surface area contributed by atoms with E-state index in [4.69, 9.17) is 5.73 Å². The Morgan fingerprint density at radius 3 is 2.50 bits per heavy atom. The molecule has 0 aliphatic carbocycles. The SMILES string of the molecule is CN1C(=O)CC(CN)C1=O. The van der Waals surface area contributed by atoms with Crippen molar-refractivity contribution in [3.63, 3.8) is 0 Å². The molecule has 1 heterocycles. The molecule has 0 aromatic carbocycles. The summed E-state index contributed by atoms with van der Waals surface area (Å²) in [6.07, 6.45) is 0.284. The van der Waals surface area contributed by atoms with Crippen molar-refractivity contribution in [1.29, 1.82) is 0 Å². The number of rotatable bonds is 1. The molecule has 1 fully saturated rings. The molecule has 1 aliphatic heterocycles. The summed E-state index contributed by atoms with van der Waals surface area (Å²) in [6, 6.07) is 0. The molecule has 0 bridgehead atoms. The lowest BCUT2D eigenvalue weighted by Crippen LogP contribution is -2.28. The molecule has 10 heavy (non-hydrogen) atoms. The standard InChI is InChI=1S/C6H10N2O2/c1-8-5(9)2-4(3-7)6(8)10/h4H,2-3,7H2,1H3. The Morgan fingerprint density at radius 2 is 2.30 bits per heavy atom. The van der Waals surface area contributed by atoms with Gasteiger partial charge in [-0.2, -0.15) is 0 Å². The summed E-state index contributed by atoms with van der Waals surface area (Å²) in [4.78, 5) is 22.9. The maximum Gasteiger partial charge on any atom is 0.233 e. The van der Waals surface area contributed by atoms with Crippen LogP contribution >= 0.6 is 0 Å². The Balaban J connectivity index is 2.71. The lowest BCUT2D eigenvalue weighted by molar-refractivity contribution is -0.137. The first-order chi connectivity index (χ1) is 4.66. The second kappa shape index (κ2) is 2.38. The van der Waals surface area contributed by atoms with Crippen molar-refractivity contribution in [2.45, 2.75) is 6.42 Å². The van der Waals surface area contributed by atoms with E-state index in [1.165, 1.54) is 7.05 Å². The minimum absolute atomic E-state index is 0.125. The van der Waals surface area contributed by atoms with Crippen molar-refractivity contribution < 1.29 is 9.59 Å². The fourth-order valence-corrected chi connectivity index (χ4v) is 1.02. The van der Waals surface area contributed by atoms with Crippen LogP contribution in [0.5, 0.6) is 0 Å². The van der Waals surface area contributed by atoms with Gasteiger partial charge in [0.1, 0.15) is 0 Å². The Labute approximate surface area is 59.0 Å². The van der Waals surface area contributed by atoms with Crippen LogP contribution in [0, 0.1) is 5.92 Å². The van der Waals surface area contributed by atoms with E-state index in [-0.39, 0.29) is 30.7 Å². The summed E-state index contributed by atoms with van der Waals surface area (Å²) in [6.45, 7) is 0.273. The summed E-state index contributed by atoms with van der Waals surface area (Å²) in [5.74, 6) is -0.537. The summed E-state index contributed by atoms with van der Waals surface area (Å²) in [5, 5.41) is 0. The molecule has 1 atom stereocenters. The fraction of sp³-hybridized carbons (Fsp3) is 0.667. The molecule has 2 N–H and O–H groups in total. The van der Waals surface area contributed by atoms with Gasteiger partial charge in [-0.05, 0) is 0 Å². The monoisotopic (exact) mass is 142 g/mol. The zero-order chi connectivity index (χ0) is 7.72. The van der Waals surface area contributed by atoms with Crippen LogP contribution < -0.4 is 5.73 Å². The van der Waals surface area contributed by atoms with Gasteiger partial charge in [0.25, 0.3) is 0 Å². The van der Waals surface area contributed by atoms with Crippen molar-refractivity contribution in [3.05, 3.63) is 0 Å². The first kappa shape index (κ1) is 7.21. The van der Waals surface area contributed by atoms with E-state index >= 15 is 0 Å². The fourth-order valence-electron chi connectivity index (χ4n) is 1.02. The third kappa shape index (κ3) is 0.903. The normalized spacial score (nSPS) is 26.2. The van der Waals surface area contributed by atoms with Gasteiger partial charge in [0.15, 0.2) is 0 Å². The highest BCUT2D eigenvalue weighted by Crippen LogP contribution is 2.15. The van der Waals surface area contributed by atoms with Crippen LogP contribution in [0.2, 0.25) is 0 Å². The highest BCUT2D eigenvalue weighted by molar-refractivity contribution is 6.03. The first-order valence-electron chi connectivity index (χ1n) is 3.17. The quantitative estimate of drug-likeness (QED) is 0.475. The average molecular weight is 142 g/mol. The second-order valence-corrected chi connectivity index (χ2v) is 2.43. The molecule has 2 amide bonds. The zero-order valence-electron chi connectivity index (χ0n) is 5.83. The van der Waals surface area contributed by atoms with E-state index in [9.17, 15) is 9.59 Å². The van der Waals surface area contributed by atoms with Crippen molar-refractivity contribution >= 4 is 11.8 Å². The van der Waals surface area contributed by atoms with Crippen LogP contribution in [0.15, 0.2) is 0 Å². The molecular weight excluding hydrogens is 132 g/mol. The third-order valence-electron chi connectivity index (χ3n) is 1.76. The Kier molecular flexibility index (Phi) is 1.72. The summed E-state index contributed by atoms with van der Waals surface area (Å²) >= 11 is 0. The molecular formula is C6H10N2O2. The molecule has 0 aromatic rings. The molecule has 4 nitrogen and oxygen atoms in total. The molecule has 1 rings (SSSR count). The topological polar surface area (TPSA) is 63.4 Å². The molecule has 56 valence electrons. The van der Waals surface area contributed by atoms with Gasteiger partial charge in [-0.1, -0.05) is 0 Å². The van der Waals surface area contributed by atoms with Gasteiger partial charge in [0, 0.05) is 20.0 Å². The summed E-state index contributed by atoms with van der Waals surface area (Å²) in [5.41, 5.74) is 5.25. The van der Waals surface area contributed by atoms with Crippen molar-refractivity contribution in [3.8, 4) is 0 Å². The average Bonchev–Trinajstić information content (AvgIpc) is 2.17. The smallest absolute Gasteiger partial charge is 0.233 e. The first-order valence-corrected chi connectivity index (χ1v) is 3.17. The summed E-state index contributed by atoms with van der Waals surface area (Å²) in [7, 11) is 1.49. The van der Waals surface area contributed by atoms with Crippen molar-refractivity contribution in [2.75, 3.05) is 13.6 Å². The highest BCUT2D eigenvalue weighted by Gasteiger charge is 2.34. The van der Waals surface area contributed by atoms with Gasteiger partial charge in [-0.25, -0.2) is 0 Å². The summed E-state index contributed by atoms with van der Waals surface area (Å²) < 4.78 is 0. The Bertz CT molecular complexity index is 179. The molecule has 4 heteroatoms. The van der Waals surface area contributed by atoms with Gasteiger partial charge in [-0.15, -0.1) is 0 Å². The van der Waals surface area contributed by atoms with Gasteiger partial charge in [0.05, 0.1) is 5.92 Å². The van der Waals surface area contributed by atoms with Crippen LogP contribution in [0.4, 0.5) is 0 Å². The van der Waals surface area contributed by atoms with Crippen LogP contribution in [-0.2, 0) is 9.59 Å². The van der Waals surface area contributed by atoms with Crippen LogP contribution in [-0.4, -0.2) is 30.3 Å². The van der Waals surface area contributed by atoms with Gasteiger partial charge in [-0.3, -0.25) is 14.5 Å². The minimum Gasteiger partial charge on any atom is -0.330 e. The van der Waals surface area contributed by atoms with E-state index in [2.05, 4.69) is 0 Å². The highest BCUT2D eigenvalue weighted by atomic mass is 16.2. The van der Waals surface area contributed by atoms with E-state index in [0.717, 1.165) is 4.90 Å². The number of carbonyl (C=O) groups excluding carboxylic acids is 2. The lowest BCUT2D eigenvalue weighted by atomic mass is 10.1. The lowest BCUT2D eigenvalue weighted by Gasteiger charge is -2.05. The predicted octanol–water partition coefficient (Wildman–Crippen LogP) is -1.05. The number of nitrogens with zero attached hydrogens (tertiary/aromatic N) is 1. The second-order valence-electron chi connectivity index (χ2n) is 2.43. The third-order valence-corrected chi connectivity index (χ3v) is 1.76. The van der Waals surface area contributed by atoms with Gasteiger partial charge >= 0.3 is 0 Å². The Hall–Kier alpha value is -0.900. The minimum atomic E-state index is -0.266. The number of imide groups is 1. The predicted molar refractivity (Wildman–Crippen MR) is 34.9 cm³/mol. The van der Waals surface area contributed by atoms with Crippen molar-refractivity contribution in [2.24, 2.45) is 11.7 Å². The molecule has 1 unspecified atom stereocenters. The van der Waals surface area contributed by atoms with Crippen LogP contribution in [0.1, 0.15) is 6.42 Å². The van der Waals surface area contributed by atoms with E-state index < -0.39 is 0 Å². The molecule has 0 saturated carbocycles. The van der Waals surface area contributed by atoms with Crippen molar-refractivity contribution in [1.82, 2.24) is 4.90 Å². The Morgan fingerprint density at radius 1 is 1.70 bits per heavy atom. The number of likely N-dealkylation sites (tertiary alicyclic amines) is 1. The zero-order valence-corrected chi connectivity index (χ0v) is 5.83. The largest absolute Gasteiger partial charge is 0.330 e. The number of hydrogen-bond donors (Lipinski definition) is 1. The number of carbonyl (C=O) groups is 2. The van der Waals surface area contributed by atoms with E-state index in [1.807, 2.05) is 0 Å². The molecule has 0 aromatic heterocycles. The number of hydrogen-bond acceptors (Lipinski definition) is 3. The van der Waals surface area contributed by atoms with Crippen LogP contribution in [0.3, 0.4) is 0 Å². The molecule has 0 spiro atoms. The van der Waals surface area contributed by atoms with E-state index in [1.54, 1.807) is 0 Å². The molecule has 1 saturated heterocycles. The molecule has 0 radical (unpaired) electrons. The van der Waals surface area contributed by atoms with E-state index in [0.29, 0.717) is 0 Å². The maximum absolute atomic E-state index is 11.0. The maximum atomic E-state index is 11.0. The van der Waals surface area contributed by atoms with Gasteiger partial charge in [0.2, 0.25) is 11.8 Å². The number of amides is 2. The molecule has 1 aliphatic rings.